The molecule has 1 aliphatic carbocycles. The molecule has 0 saturated heterocycles. The van der Waals surface area contributed by atoms with E-state index in [0.29, 0.717) is 0 Å². The Bertz CT molecular complexity index is 412. The van der Waals surface area contributed by atoms with Gasteiger partial charge in [0.05, 0.1) is 5.41 Å². The van der Waals surface area contributed by atoms with Crippen LogP contribution in [0.2, 0.25) is 0 Å². The van der Waals surface area contributed by atoms with Crippen LogP contribution in [-0.2, 0) is 4.79 Å². The van der Waals surface area contributed by atoms with Gasteiger partial charge in [0.15, 0.2) is 0 Å². The normalized spacial score (nSPS) is 17.0. The van der Waals surface area contributed by atoms with Crippen LogP contribution in [0.4, 0.5) is 5.69 Å². The molecule has 18 heavy (non-hydrogen) atoms. The van der Waals surface area contributed by atoms with Crippen LogP contribution in [-0.4, -0.2) is 25.8 Å². The summed E-state index contributed by atoms with van der Waals surface area (Å²) in [5.41, 5.74) is 0.701. The van der Waals surface area contributed by atoms with Crippen molar-refractivity contribution in [2.24, 2.45) is 5.41 Å². The highest BCUT2D eigenvalue weighted by atomic mass is 32.2. The average molecular weight is 264 g/mol. The minimum Gasteiger partial charge on any atom is -0.326 e. The van der Waals surface area contributed by atoms with Crippen LogP contribution < -0.4 is 10.6 Å². The SMILES string of the molecule is CNCC1(C(=O)Nc2ccc(SC)cc2)CCC1. The summed E-state index contributed by atoms with van der Waals surface area (Å²) in [6.45, 7) is 0.766. The summed E-state index contributed by atoms with van der Waals surface area (Å²) in [7, 11) is 1.90. The maximum absolute atomic E-state index is 12.3. The highest BCUT2D eigenvalue weighted by molar-refractivity contribution is 7.98. The molecule has 0 aromatic heterocycles. The number of hydrogen-bond acceptors (Lipinski definition) is 3. The number of carbonyl (C=O) groups excluding carboxylic acids is 1. The van der Waals surface area contributed by atoms with Gasteiger partial charge in [0.2, 0.25) is 5.91 Å². The second-order valence-electron chi connectivity index (χ2n) is 4.85. The van der Waals surface area contributed by atoms with Gasteiger partial charge in [-0.15, -0.1) is 11.8 Å². The molecule has 0 bridgehead atoms. The maximum Gasteiger partial charge on any atom is 0.231 e. The second kappa shape index (κ2) is 5.76. The van der Waals surface area contributed by atoms with Crippen molar-refractivity contribution in [3.8, 4) is 0 Å². The highest BCUT2D eigenvalue weighted by Gasteiger charge is 2.43. The lowest BCUT2D eigenvalue weighted by atomic mass is 9.68. The molecule has 1 aliphatic rings. The molecule has 98 valence electrons. The molecule has 1 amide bonds. The van der Waals surface area contributed by atoms with Gasteiger partial charge in [0.1, 0.15) is 0 Å². The van der Waals surface area contributed by atoms with E-state index < -0.39 is 0 Å². The van der Waals surface area contributed by atoms with Gasteiger partial charge in [-0.3, -0.25) is 4.79 Å². The van der Waals surface area contributed by atoms with Crippen LogP contribution >= 0.6 is 11.8 Å². The molecule has 0 unspecified atom stereocenters. The molecular formula is C14H20N2OS. The Morgan fingerprint density at radius 2 is 2.00 bits per heavy atom. The summed E-state index contributed by atoms with van der Waals surface area (Å²) in [6.07, 6.45) is 5.18. The van der Waals surface area contributed by atoms with Crippen molar-refractivity contribution in [1.82, 2.24) is 5.32 Å². The Balaban J connectivity index is 2.01. The van der Waals surface area contributed by atoms with Gasteiger partial charge < -0.3 is 10.6 Å². The third kappa shape index (κ3) is 2.70. The zero-order chi connectivity index (χ0) is 13.0. The van der Waals surface area contributed by atoms with Crippen LogP contribution in [0.15, 0.2) is 29.2 Å². The lowest BCUT2D eigenvalue weighted by molar-refractivity contribution is -0.129. The summed E-state index contributed by atoms with van der Waals surface area (Å²) in [5, 5.41) is 6.16. The zero-order valence-electron chi connectivity index (χ0n) is 11.0. The van der Waals surface area contributed by atoms with E-state index in [1.54, 1.807) is 11.8 Å². The largest absolute Gasteiger partial charge is 0.326 e. The monoisotopic (exact) mass is 264 g/mol. The summed E-state index contributed by atoms with van der Waals surface area (Å²) < 4.78 is 0. The van der Waals surface area contributed by atoms with Gasteiger partial charge in [-0.1, -0.05) is 6.42 Å². The first kappa shape index (κ1) is 13.4. The fraction of sp³-hybridized carbons (Fsp3) is 0.500. The topological polar surface area (TPSA) is 41.1 Å². The third-order valence-electron chi connectivity index (χ3n) is 3.66. The zero-order valence-corrected chi connectivity index (χ0v) is 11.8. The predicted molar refractivity (Wildman–Crippen MR) is 77.1 cm³/mol. The van der Waals surface area contributed by atoms with Gasteiger partial charge in [-0.25, -0.2) is 0 Å². The maximum atomic E-state index is 12.3. The van der Waals surface area contributed by atoms with Crippen LogP contribution in [0, 0.1) is 5.41 Å². The molecule has 2 rings (SSSR count). The minimum atomic E-state index is -0.188. The number of hydrogen-bond donors (Lipinski definition) is 2. The molecule has 0 atom stereocenters. The number of carbonyl (C=O) groups is 1. The molecule has 1 aromatic carbocycles. The van der Waals surface area contributed by atoms with E-state index in [2.05, 4.69) is 10.6 Å². The quantitative estimate of drug-likeness (QED) is 0.803. The van der Waals surface area contributed by atoms with Crippen molar-refractivity contribution >= 4 is 23.4 Å². The smallest absolute Gasteiger partial charge is 0.231 e. The molecule has 0 spiro atoms. The van der Waals surface area contributed by atoms with E-state index in [4.69, 9.17) is 0 Å². The molecular weight excluding hydrogens is 244 g/mol. The van der Waals surface area contributed by atoms with Crippen molar-refractivity contribution in [2.45, 2.75) is 24.2 Å². The molecule has 1 fully saturated rings. The van der Waals surface area contributed by atoms with E-state index in [-0.39, 0.29) is 11.3 Å². The van der Waals surface area contributed by atoms with Crippen molar-refractivity contribution < 1.29 is 4.79 Å². The fourth-order valence-electron chi connectivity index (χ4n) is 2.36. The Hall–Kier alpha value is -1.00. The Kier molecular flexibility index (Phi) is 4.30. The number of anilines is 1. The minimum absolute atomic E-state index is 0.153. The van der Waals surface area contributed by atoms with E-state index in [9.17, 15) is 4.79 Å². The Morgan fingerprint density at radius 3 is 2.44 bits per heavy atom. The summed E-state index contributed by atoms with van der Waals surface area (Å²) in [5.74, 6) is 0.153. The third-order valence-corrected chi connectivity index (χ3v) is 4.40. The first-order valence-electron chi connectivity index (χ1n) is 6.30. The van der Waals surface area contributed by atoms with E-state index in [1.165, 1.54) is 4.90 Å². The number of nitrogens with one attached hydrogen (secondary N) is 2. The summed E-state index contributed by atoms with van der Waals surface area (Å²) in [4.78, 5) is 13.5. The van der Waals surface area contributed by atoms with Gasteiger partial charge in [-0.2, -0.15) is 0 Å². The number of thioether (sulfide) groups is 1. The molecule has 1 aromatic rings. The molecule has 2 N–H and O–H groups in total. The Labute approximate surface area is 113 Å². The van der Waals surface area contributed by atoms with Gasteiger partial charge >= 0.3 is 0 Å². The standard InChI is InChI=1S/C14H20N2OS/c1-15-10-14(8-3-9-14)13(17)16-11-4-6-12(18-2)7-5-11/h4-7,15H,3,8-10H2,1-2H3,(H,16,17). The fourth-order valence-corrected chi connectivity index (χ4v) is 2.77. The molecule has 1 saturated carbocycles. The van der Waals surface area contributed by atoms with Gasteiger partial charge in [0.25, 0.3) is 0 Å². The van der Waals surface area contributed by atoms with Crippen LogP contribution in [0.25, 0.3) is 0 Å². The molecule has 0 radical (unpaired) electrons. The van der Waals surface area contributed by atoms with Crippen LogP contribution in [0.1, 0.15) is 19.3 Å². The van der Waals surface area contributed by atoms with Crippen LogP contribution in [0.5, 0.6) is 0 Å². The number of amides is 1. The van der Waals surface area contributed by atoms with Crippen LogP contribution in [0.3, 0.4) is 0 Å². The van der Waals surface area contributed by atoms with Crippen molar-refractivity contribution in [3.05, 3.63) is 24.3 Å². The van der Waals surface area contributed by atoms with E-state index in [1.807, 2.05) is 37.6 Å². The molecule has 0 aliphatic heterocycles. The first-order chi connectivity index (χ1) is 8.70. The van der Waals surface area contributed by atoms with Crippen molar-refractivity contribution in [2.75, 3.05) is 25.2 Å². The highest BCUT2D eigenvalue weighted by Crippen LogP contribution is 2.41. The van der Waals surface area contributed by atoms with Gasteiger partial charge in [-0.05, 0) is 50.4 Å². The van der Waals surface area contributed by atoms with Crippen molar-refractivity contribution in [1.29, 1.82) is 0 Å². The molecule has 0 heterocycles. The van der Waals surface area contributed by atoms with Crippen molar-refractivity contribution in [3.63, 3.8) is 0 Å². The van der Waals surface area contributed by atoms with E-state index >= 15 is 0 Å². The predicted octanol–water partition coefficient (Wildman–Crippen LogP) is 2.74. The molecule has 3 nitrogen and oxygen atoms in total. The average Bonchev–Trinajstić information content (AvgIpc) is 2.34. The molecule has 4 heteroatoms. The lowest BCUT2D eigenvalue weighted by Crippen LogP contribution is -2.48. The number of benzene rings is 1. The number of rotatable bonds is 5. The summed E-state index contributed by atoms with van der Waals surface area (Å²) >= 11 is 1.70. The Morgan fingerprint density at radius 1 is 1.33 bits per heavy atom. The lowest BCUT2D eigenvalue weighted by Gasteiger charge is -2.40. The van der Waals surface area contributed by atoms with E-state index in [0.717, 1.165) is 31.5 Å². The first-order valence-corrected chi connectivity index (χ1v) is 7.53. The second-order valence-corrected chi connectivity index (χ2v) is 5.73. The summed E-state index contributed by atoms with van der Waals surface area (Å²) in [6, 6.07) is 8.00. The van der Waals surface area contributed by atoms with Gasteiger partial charge in [0, 0.05) is 17.1 Å².